The third-order valence-electron chi connectivity index (χ3n) is 5.22. The van der Waals surface area contributed by atoms with Crippen LogP contribution in [0.5, 0.6) is 11.5 Å². The van der Waals surface area contributed by atoms with Crippen molar-refractivity contribution in [3.63, 3.8) is 0 Å². The predicted octanol–water partition coefficient (Wildman–Crippen LogP) is 5.56. The molecule has 1 fully saturated rings. The number of urea groups is 1. The van der Waals surface area contributed by atoms with Crippen LogP contribution in [0.2, 0.25) is 10.0 Å². The quantitative estimate of drug-likeness (QED) is 0.346. The minimum absolute atomic E-state index is 0.223. The van der Waals surface area contributed by atoms with Crippen LogP contribution in [0, 0.1) is 6.92 Å². The molecular formula is C26H20Cl2N2O5. The van der Waals surface area contributed by atoms with E-state index in [4.69, 9.17) is 32.7 Å². The molecule has 1 aliphatic heterocycles. The lowest BCUT2D eigenvalue weighted by molar-refractivity contribution is -0.122. The topological polar surface area (TPSA) is 84.9 Å². The molecule has 1 heterocycles. The zero-order valence-electron chi connectivity index (χ0n) is 18.8. The number of ether oxygens (including phenoxy) is 2. The van der Waals surface area contributed by atoms with Gasteiger partial charge in [-0.05, 0) is 66.1 Å². The summed E-state index contributed by atoms with van der Waals surface area (Å²) in [6.45, 7) is 2.06. The third kappa shape index (κ3) is 5.31. The van der Waals surface area contributed by atoms with Gasteiger partial charge >= 0.3 is 6.03 Å². The summed E-state index contributed by atoms with van der Waals surface area (Å²) >= 11 is 12.4. The minimum atomic E-state index is -0.815. The van der Waals surface area contributed by atoms with Crippen molar-refractivity contribution in [2.75, 3.05) is 12.0 Å². The molecule has 178 valence electrons. The van der Waals surface area contributed by atoms with Gasteiger partial charge in [-0.25, -0.2) is 9.69 Å². The van der Waals surface area contributed by atoms with E-state index in [9.17, 15) is 14.4 Å². The average molecular weight is 511 g/mol. The smallest absolute Gasteiger partial charge is 0.335 e. The van der Waals surface area contributed by atoms with Gasteiger partial charge in [-0.3, -0.25) is 14.9 Å². The Hall–Kier alpha value is -3.81. The summed E-state index contributed by atoms with van der Waals surface area (Å²) in [5, 5.41) is 3.04. The van der Waals surface area contributed by atoms with Crippen LogP contribution in [0.15, 0.2) is 66.2 Å². The number of aryl methyl sites for hydroxylation is 1. The highest BCUT2D eigenvalue weighted by Crippen LogP contribution is 2.38. The molecule has 0 spiro atoms. The van der Waals surface area contributed by atoms with Crippen LogP contribution in [0.4, 0.5) is 10.5 Å². The lowest BCUT2D eigenvalue weighted by Gasteiger charge is -2.26. The summed E-state index contributed by atoms with van der Waals surface area (Å²) in [4.78, 5) is 39.0. The number of carbonyl (C=O) groups is 3. The first-order valence-corrected chi connectivity index (χ1v) is 11.3. The van der Waals surface area contributed by atoms with Crippen LogP contribution in [-0.4, -0.2) is 25.0 Å². The molecule has 0 aromatic heterocycles. The normalized spacial score (nSPS) is 14.8. The van der Waals surface area contributed by atoms with Gasteiger partial charge in [-0.1, -0.05) is 47.5 Å². The highest BCUT2D eigenvalue weighted by atomic mass is 35.5. The van der Waals surface area contributed by atoms with E-state index >= 15 is 0 Å². The van der Waals surface area contributed by atoms with Gasteiger partial charge in [0.05, 0.1) is 17.8 Å². The van der Waals surface area contributed by atoms with Crippen molar-refractivity contribution in [1.29, 1.82) is 0 Å². The molecule has 0 aliphatic carbocycles. The molecule has 0 atom stereocenters. The van der Waals surface area contributed by atoms with Crippen LogP contribution in [0.3, 0.4) is 0 Å². The van der Waals surface area contributed by atoms with Crippen LogP contribution >= 0.6 is 23.2 Å². The number of nitrogens with zero attached hydrogens (tertiary/aromatic N) is 1. The number of halogens is 2. The molecule has 0 unspecified atom stereocenters. The molecule has 3 aromatic carbocycles. The highest BCUT2D eigenvalue weighted by molar-refractivity contribution is 6.39. The number of imide groups is 2. The van der Waals surface area contributed by atoms with Gasteiger partial charge in [-0.2, -0.15) is 0 Å². The lowest BCUT2D eigenvalue weighted by Crippen LogP contribution is -2.54. The summed E-state index contributed by atoms with van der Waals surface area (Å²) in [7, 11) is 1.45. The number of amides is 4. The van der Waals surface area contributed by atoms with E-state index in [1.165, 1.54) is 13.2 Å². The van der Waals surface area contributed by atoms with Crippen molar-refractivity contribution < 1.29 is 23.9 Å². The first-order chi connectivity index (χ1) is 16.8. The first-order valence-electron chi connectivity index (χ1n) is 10.5. The zero-order chi connectivity index (χ0) is 25.1. The van der Waals surface area contributed by atoms with Crippen molar-refractivity contribution in [3.8, 4) is 11.5 Å². The van der Waals surface area contributed by atoms with Gasteiger partial charge in [0.25, 0.3) is 11.8 Å². The Morgan fingerprint density at radius 2 is 1.74 bits per heavy atom. The van der Waals surface area contributed by atoms with E-state index in [0.29, 0.717) is 27.8 Å². The molecule has 4 amide bonds. The molecule has 1 aliphatic rings. The van der Waals surface area contributed by atoms with E-state index in [2.05, 4.69) is 5.32 Å². The van der Waals surface area contributed by atoms with E-state index in [0.717, 1.165) is 16.0 Å². The summed E-state index contributed by atoms with van der Waals surface area (Å²) in [5.41, 5.74) is 2.29. The van der Waals surface area contributed by atoms with Gasteiger partial charge in [0.15, 0.2) is 11.5 Å². The van der Waals surface area contributed by atoms with E-state index < -0.39 is 17.8 Å². The molecule has 0 bridgehead atoms. The number of anilines is 1. The summed E-state index contributed by atoms with van der Waals surface area (Å²) in [6.07, 6.45) is 1.35. The molecule has 3 aromatic rings. The van der Waals surface area contributed by atoms with E-state index in [-0.39, 0.29) is 17.2 Å². The molecule has 0 saturated carbocycles. The van der Waals surface area contributed by atoms with E-state index in [1.54, 1.807) is 42.5 Å². The van der Waals surface area contributed by atoms with Crippen molar-refractivity contribution in [2.24, 2.45) is 0 Å². The van der Waals surface area contributed by atoms with Crippen LogP contribution in [0.25, 0.3) is 6.08 Å². The van der Waals surface area contributed by atoms with Gasteiger partial charge in [0.2, 0.25) is 0 Å². The SMILES string of the molecule is COc1cc(/C=C2\C(=O)NC(=O)N(c3cccc(C)c3)C2=O)cc(Cl)c1OCc1ccc(Cl)cc1. The second-order valence-electron chi connectivity index (χ2n) is 7.75. The number of nitrogens with one attached hydrogen (secondary N) is 1. The summed E-state index contributed by atoms with van der Waals surface area (Å²) in [6, 6.07) is 16.3. The van der Waals surface area contributed by atoms with Crippen molar-refractivity contribution in [2.45, 2.75) is 13.5 Å². The Morgan fingerprint density at radius 1 is 1.00 bits per heavy atom. The number of benzene rings is 3. The zero-order valence-corrected chi connectivity index (χ0v) is 20.3. The Morgan fingerprint density at radius 3 is 2.43 bits per heavy atom. The number of carbonyl (C=O) groups excluding carboxylic acids is 3. The highest BCUT2D eigenvalue weighted by Gasteiger charge is 2.36. The molecule has 0 radical (unpaired) electrons. The molecule has 1 saturated heterocycles. The first kappa shape index (κ1) is 24.3. The standard InChI is InChI=1S/C26H20Cl2N2O5/c1-15-4-3-5-19(10-15)30-25(32)20(24(31)29-26(30)33)11-17-12-21(28)23(22(13-17)34-2)35-14-16-6-8-18(27)9-7-16/h3-13H,14H2,1-2H3,(H,29,31,33)/b20-11+. The maximum atomic E-state index is 13.1. The molecule has 4 rings (SSSR count). The van der Waals surface area contributed by atoms with Gasteiger partial charge in [-0.15, -0.1) is 0 Å². The predicted molar refractivity (Wildman–Crippen MR) is 134 cm³/mol. The Bertz CT molecular complexity index is 1350. The fourth-order valence-electron chi connectivity index (χ4n) is 3.52. The Kier molecular flexibility index (Phi) is 7.10. The number of hydrogen-bond donors (Lipinski definition) is 1. The number of hydrogen-bond acceptors (Lipinski definition) is 5. The maximum Gasteiger partial charge on any atom is 0.335 e. The second kappa shape index (κ2) is 10.2. The largest absolute Gasteiger partial charge is 0.493 e. The summed E-state index contributed by atoms with van der Waals surface area (Å²) < 4.78 is 11.3. The lowest BCUT2D eigenvalue weighted by atomic mass is 10.1. The van der Waals surface area contributed by atoms with Gasteiger partial charge in [0, 0.05) is 5.02 Å². The van der Waals surface area contributed by atoms with Crippen molar-refractivity contribution in [3.05, 3.63) is 93.0 Å². The Balaban J connectivity index is 1.64. The number of methoxy groups -OCH3 is 1. The monoisotopic (exact) mass is 510 g/mol. The molecule has 1 N–H and O–H groups in total. The molecule has 35 heavy (non-hydrogen) atoms. The van der Waals surface area contributed by atoms with Crippen molar-refractivity contribution in [1.82, 2.24) is 5.32 Å². The van der Waals surface area contributed by atoms with Crippen LogP contribution < -0.4 is 19.7 Å². The number of barbiturate groups is 1. The van der Waals surface area contributed by atoms with Crippen molar-refractivity contribution >= 4 is 52.8 Å². The summed E-state index contributed by atoms with van der Waals surface area (Å²) in [5.74, 6) is -0.930. The van der Waals surface area contributed by atoms with Gasteiger partial charge < -0.3 is 9.47 Å². The molecule has 9 heteroatoms. The van der Waals surface area contributed by atoms with Gasteiger partial charge in [0.1, 0.15) is 12.2 Å². The minimum Gasteiger partial charge on any atom is -0.493 e. The maximum absolute atomic E-state index is 13.1. The third-order valence-corrected chi connectivity index (χ3v) is 5.75. The Labute approximate surface area is 211 Å². The van der Waals surface area contributed by atoms with Crippen LogP contribution in [-0.2, 0) is 16.2 Å². The van der Waals surface area contributed by atoms with E-state index in [1.807, 2.05) is 25.1 Å². The fourth-order valence-corrected chi connectivity index (χ4v) is 3.92. The molecular weight excluding hydrogens is 491 g/mol. The molecule has 7 nitrogen and oxygen atoms in total. The van der Waals surface area contributed by atoms with Crippen LogP contribution in [0.1, 0.15) is 16.7 Å². The average Bonchev–Trinajstić information content (AvgIpc) is 2.82. The fraction of sp³-hybridized carbons (Fsp3) is 0.115. The second-order valence-corrected chi connectivity index (χ2v) is 8.59. The number of rotatable bonds is 6.